The summed E-state index contributed by atoms with van der Waals surface area (Å²) >= 11 is 0. The highest BCUT2D eigenvalue weighted by molar-refractivity contribution is 4.69. The van der Waals surface area contributed by atoms with Gasteiger partial charge in [-0.3, -0.25) is 0 Å². The molecule has 0 spiro atoms. The quantitative estimate of drug-likeness (QED) is 0.485. The van der Waals surface area contributed by atoms with Crippen LogP contribution < -0.4 is 0 Å². The lowest BCUT2D eigenvalue weighted by atomic mass is 10.3. The fourth-order valence-corrected chi connectivity index (χ4v) is 0.525. The number of hydrogen-bond acceptors (Lipinski definition) is 2. The SMILES string of the molecule is N#CCCCOCC(F)(F)C(F)F. The summed E-state index contributed by atoms with van der Waals surface area (Å²) in [4.78, 5) is 0. The first-order valence-electron chi connectivity index (χ1n) is 3.61. The van der Waals surface area contributed by atoms with Gasteiger partial charge in [0.25, 0.3) is 0 Å². The molecule has 0 aliphatic heterocycles. The number of nitriles is 1. The number of unbranched alkanes of at least 4 members (excludes halogenated alkanes) is 1. The van der Waals surface area contributed by atoms with E-state index < -0.39 is 19.0 Å². The topological polar surface area (TPSA) is 33.0 Å². The summed E-state index contributed by atoms with van der Waals surface area (Å²) in [6.07, 6.45) is -3.26. The molecular weight excluding hydrogens is 190 g/mol. The van der Waals surface area contributed by atoms with Crippen LogP contribution in [0.4, 0.5) is 17.6 Å². The third-order valence-corrected chi connectivity index (χ3v) is 1.19. The Morgan fingerprint density at radius 3 is 2.46 bits per heavy atom. The van der Waals surface area contributed by atoms with Crippen molar-refractivity contribution < 1.29 is 22.3 Å². The Bertz CT molecular complexity index is 178. The summed E-state index contributed by atoms with van der Waals surface area (Å²) in [6, 6.07) is 1.77. The van der Waals surface area contributed by atoms with Crippen LogP contribution in [-0.2, 0) is 4.74 Å². The van der Waals surface area contributed by atoms with Crippen LogP contribution in [0.3, 0.4) is 0 Å². The smallest absolute Gasteiger partial charge is 0.330 e. The molecule has 0 aliphatic rings. The molecule has 0 aromatic rings. The van der Waals surface area contributed by atoms with Crippen LogP contribution in [0.1, 0.15) is 12.8 Å². The second-order valence-electron chi connectivity index (χ2n) is 2.38. The Balaban J connectivity index is 3.48. The van der Waals surface area contributed by atoms with E-state index in [2.05, 4.69) is 4.74 Å². The fourth-order valence-electron chi connectivity index (χ4n) is 0.525. The van der Waals surface area contributed by atoms with Crippen molar-refractivity contribution in [3.63, 3.8) is 0 Å². The summed E-state index contributed by atoms with van der Waals surface area (Å²) in [5.74, 6) is -4.09. The van der Waals surface area contributed by atoms with Crippen molar-refractivity contribution in [3.05, 3.63) is 0 Å². The van der Waals surface area contributed by atoms with Gasteiger partial charge in [0.1, 0.15) is 6.61 Å². The Morgan fingerprint density at radius 1 is 1.38 bits per heavy atom. The van der Waals surface area contributed by atoms with E-state index in [4.69, 9.17) is 5.26 Å². The average molecular weight is 199 g/mol. The van der Waals surface area contributed by atoms with Gasteiger partial charge >= 0.3 is 12.3 Å². The van der Waals surface area contributed by atoms with Crippen molar-refractivity contribution >= 4 is 0 Å². The summed E-state index contributed by atoms with van der Waals surface area (Å²) < 4.78 is 51.5. The van der Waals surface area contributed by atoms with Crippen LogP contribution in [0.5, 0.6) is 0 Å². The molecular formula is C7H9F4NO. The lowest BCUT2D eigenvalue weighted by Crippen LogP contribution is -2.32. The zero-order valence-corrected chi connectivity index (χ0v) is 6.77. The molecule has 0 fully saturated rings. The van der Waals surface area contributed by atoms with Crippen LogP contribution in [-0.4, -0.2) is 25.6 Å². The number of halogens is 4. The molecule has 0 bridgehead atoms. The summed E-state index contributed by atoms with van der Waals surface area (Å²) in [6.45, 7) is -1.40. The van der Waals surface area contributed by atoms with Crippen LogP contribution in [0, 0.1) is 11.3 Å². The van der Waals surface area contributed by atoms with Crippen molar-refractivity contribution in [2.24, 2.45) is 0 Å². The standard InChI is InChI=1S/C7H9F4NO/c8-6(9)7(10,11)5-13-4-2-1-3-12/h6H,1-2,4-5H2. The molecule has 2 nitrogen and oxygen atoms in total. The third-order valence-electron chi connectivity index (χ3n) is 1.19. The highest BCUT2D eigenvalue weighted by Gasteiger charge is 2.40. The second kappa shape index (κ2) is 5.75. The Labute approximate surface area is 73.1 Å². The average Bonchev–Trinajstić information content (AvgIpc) is 2.03. The first kappa shape index (κ1) is 12.2. The molecule has 0 unspecified atom stereocenters. The van der Waals surface area contributed by atoms with Gasteiger partial charge in [0.05, 0.1) is 6.07 Å². The predicted molar refractivity (Wildman–Crippen MR) is 36.6 cm³/mol. The van der Waals surface area contributed by atoms with Gasteiger partial charge in [-0.1, -0.05) is 0 Å². The Morgan fingerprint density at radius 2 is 2.00 bits per heavy atom. The van der Waals surface area contributed by atoms with E-state index in [0.717, 1.165) is 0 Å². The van der Waals surface area contributed by atoms with Crippen molar-refractivity contribution in [2.75, 3.05) is 13.2 Å². The zero-order valence-electron chi connectivity index (χ0n) is 6.77. The van der Waals surface area contributed by atoms with Crippen molar-refractivity contribution in [1.29, 1.82) is 5.26 Å². The zero-order chi connectivity index (χ0) is 10.3. The predicted octanol–water partition coefficient (Wildman–Crippen LogP) is 2.21. The van der Waals surface area contributed by atoms with Crippen LogP contribution in [0.15, 0.2) is 0 Å². The minimum absolute atomic E-state index is 0.101. The van der Waals surface area contributed by atoms with E-state index >= 15 is 0 Å². The van der Waals surface area contributed by atoms with Gasteiger partial charge in [-0.05, 0) is 6.42 Å². The fraction of sp³-hybridized carbons (Fsp3) is 0.857. The number of rotatable bonds is 6. The molecule has 0 atom stereocenters. The normalized spacial score (nSPS) is 11.7. The van der Waals surface area contributed by atoms with E-state index in [-0.39, 0.29) is 19.4 Å². The minimum atomic E-state index is -4.09. The third kappa shape index (κ3) is 5.42. The van der Waals surface area contributed by atoms with Gasteiger partial charge in [-0.15, -0.1) is 0 Å². The van der Waals surface area contributed by atoms with Gasteiger partial charge in [0.15, 0.2) is 0 Å². The molecule has 0 saturated heterocycles. The highest BCUT2D eigenvalue weighted by atomic mass is 19.3. The molecule has 0 aromatic heterocycles. The van der Waals surface area contributed by atoms with E-state index in [1.54, 1.807) is 6.07 Å². The lowest BCUT2D eigenvalue weighted by molar-refractivity contribution is -0.165. The number of hydrogen-bond donors (Lipinski definition) is 0. The van der Waals surface area contributed by atoms with Gasteiger partial charge in [0, 0.05) is 13.0 Å². The van der Waals surface area contributed by atoms with Crippen LogP contribution in [0.2, 0.25) is 0 Å². The van der Waals surface area contributed by atoms with Crippen molar-refractivity contribution in [1.82, 2.24) is 0 Å². The molecule has 0 radical (unpaired) electrons. The van der Waals surface area contributed by atoms with E-state index in [1.165, 1.54) is 0 Å². The minimum Gasteiger partial charge on any atom is -0.375 e. The highest BCUT2D eigenvalue weighted by Crippen LogP contribution is 2.22. The Kier molecular flexibility index (Phi) is 5.39. The molecule has 0 rings (SSSR count). The number of nitrogens with zero attached hydrogens (tertiary/aromatic N) is 1. The molecule has 0 aromatic carbocycles. The van der Waals surface area contributed by atoms with E-state index in [1.807, 2.05) is 0 Å². The Hall–Kier alpha value is -0.830. The van der Waals surface area contributed by atoms with Gasteiger partial charge in [-0.25, -0.2) is 8.78 Å². The van der Waals surface area contributed by atoms with E-state index in [9.17, 15) is 17.6 Å². The maximum absolute atomic E-state index is 12.1. The first-order chi connectivity index (χ1) is 6.00. The van der Waals surface area contributed by atoms with Gasteiger partial charge in [0.2, 0.25) is 0 Å². The van der Waals surface area contributed by atoms with Crippen molar-refractivity contribution in [2.45, 2.75) is 25.2 Å². The molecule has 0 saturated carbocycles. The molecule has 0 N–H and O–H groups in total. The molecule has 0 amide bonds. The van der Waals surface area contributed by atoms with Crippen LogP contribution >= 0.6 is 0 Å². The van der Waals surface area contributed by atoms with Gasteiger partial charge in [-0.2, -0.15) is 14.0 Å². The second-order valence-corrected chi connectivity index (χ2v) is 2.38. The molecule has 76 valence electrons. The molecule has 6 heteroatoms. The summed E-state index contributed by atoms with van der Waals surface area (Å²) in [7, 11) is 0. The summed E-state index contributed by atoms with van der Waals surface area (Å²) in [5, 5.41) is 8.04. The number of alkyl halides is 4. The van der Waals surface area contributed by atoms with Crippen LogP contribution in [0.25, 0.3) is 0 Å². The number of ether oxygens (including phenoxy) is 1. The largest absolute Gasteiger partial charge is 0.375 e. The maximum atomic E-state index is 12.1. The lowest BCUT2D eigenvalue weighted by Gasteiger charge is -2.14. The molecule has 0 heterocycles. The van der Waals surface area contributed by atoms with Gasteiger partial charge < -0.3 is 4.74 Å². The maximum Gasteiger partial charge on any atom is 0.330 e. The summed E-state index contributed by atoms with van der Waals surface area (Å²) in [5.41, 5.74) is 0. The monoisotopic (exact) mass is 199 g/mol. The molecule has 13 heavy (non-hydrogen) atoms. The first-order valence-corrected chi connectivity index (χ1v) is 3.61. The van der Waals surface area contributed by atoms with Crippen molar-refractivity contribution in [3.8, 4) is 6.07 Å². The molecule has 0 aliphatic carbocycles. The van der Waals surface area contributed by atoms with E-state index in [0.29, 0.717) is 0 Å².